The topological polar surface area (TPSA) is 23.5 Å². The van der Waals surface area contributed by atoms with Crippen LogP contribution in [0.15, 0.2) is 0 Å². The second-order valence-electron chi connectivity index (χ2n) is 6.11. The molecule has 0 spiro atoms. The van der Waals surface area contributed by atoms with Crippen LogP contribution in [0.3, 0.4) is 0 Å². The lowest BCUT2D eigenvalue weighted by molar-refractivity contribution is 0.0419. The van der Waals surface area contributed by atoms with E-state index in [-0.39, 0.29) is 0 Å². The fourth-order valence-corrected chi connectivity index (χ4v) is 2.17. The first kappa shape index (κ1) is 12.0. The van der Waals surface area contributed by atoms with Crippen LogP contribution in [-0.2, 0) is 0 Å². The van der Waals surface area contributed by atoms with Gasteiger partial charge in [-0.2, -0.15) is 0 Å². The van der Waals surface area contributed by atoms with E-state index < -0.39 is 5.60 Å². The maximum Gasteiger partial charge on any atom is 0.0603 e. The Labute approximate surface area is 88.3 Å². The first-order valence-corrected chi connectivity index (χ1v) is 5.73. The van der Waals surface area contributed by atoms with Crippen molar-refractivity contribution in [1.82, 2.24) is 4.90 Å². The summed E-state index contributed by atoms with van der Waals surface area (Å²) in [6.45, 7) is 11.9. The van der Waals surface area contributed by atoms with Crippen molar-refractivity contribution in [2.75, 3.05) is 19.6 Å². The molecule has 84 valence electrons. The molecule has 0 aromatic heterocycles. The Kier molecular flexibility index (Phi) is 3.59. The summed E-state index contributed by atoms with van der Waals surface area (Å²) in [7, 11) is 0. The zero-order valence-corrected chi connectivity index (χ0v) is 10.1. The average molecular weight is 199 g/mol. The van der Waals surface area contributed by atoms with Gasteiger partial charge in [-0.25, -0.2) is 0 Å². The molecule has 1 aliphatic heterocycles. The summed E-state index contributed by atoms with van der Waals surface area (Å²) in [4.78, 5) is 2.49. The molecule has 0 amide bonds. The minimum atomic E-state index is -0.512. The quantitative estimate of drug-likeness (QED) is 0.753. The van der Waals surface area contributed by atoms with Crippen LogP contribution in [0.25, 0.3) is 0 Å². The van der Waals surface area contributed by atoms with Crippen LogP contribution in [0.1, 0.15) is 47.0 Å². The van der Waals surface area contributed by atoms with Crippen molar-refractivity contribution in [3.8, 4) is 0 Å². The van der Waals surface area contributed by atoms with E-state index in [4.69, 9.17) is 0 Å². The highest BCUT2D eigenvalue weighted by Crippen LogP contribution is 2.28. The fraction of sp³-hybridized carbons (Fsp3) is 1.00. The zero-order valence-electron chi connectivity index (χ0n) is 10.1. The summed E-state index contributed by atoms with van der Waals surface area (Å²) in [6.07, 6.45) is 3.52. The minimum absolute atomic E-state index is 0.470. The Morgan fingerprint density at radius 2 is 2.00 bits per heavy atom. The molecular formula is C12H25NO. The van der Waals surface area contributed by atoms with E-state index in [1.807, 2.05) is 13.8 Å². The summed E-state index contributed by atoms with van der Waals surface area (Å²) in [6, 6.07) is 0. The van der Waals surface area contributed by atoms with Gasteiger partial charge in [0.2, 0.25) is 0 Å². The Balaban J connectivity index is 2.32. The van der Waals surface area contributed by atoms with Crippen LogP contribution in [0.2, 0.25) is 0 Å². The molecule has 2 nitrogen and oxygen atoms in total. The number of likely N-dealkylation sites (tertiary alicyclic amines) is 1. The molecule has 1 rings (SSSR count). The van der Waals surface area contributed by atoms with Crippen LogP contribution in [0, 0.1) is 5.41 Å². The van der Waals surface area contributed by atoms with Crippen LogP contribution < -0.4 is 0 Å². The van der Waals surface area contributed by atoms with Crippen molar-refractivity contribution in [3.05, 3.63) is 0 Å². The second-order valence-corrected chi connectivity index (χ2v) is 6.11. The van der Waals surface area contributed by atoms with E-state index in [1.165, 1.54) is 25.9 Å². The van der Waals surface area contributed by atoms with Gasteiger partial charge in [-0.1, -0.05) is 13.8 Å². The Bertz CT molecular complexity index is 181. The van der Waals surface area contributed by atoms with Crippen molar-refractivity contribution in [2.24, 2.45) is 5.41 Å². The van der Waals surface area contributed by atoms with Crippen molar-refractivity contribution < 1.29 is 5.11 Å². The molecule has 0 saturated carbocycles. The van der Waals surface area contributed by atoms with Gasteiger partial charge in [-0.05, 0) is 45.1 Å². The van der Waals surface area contributed by atoms with Gasteiger partial charge in [-0.15, -0.1) is 0 Å². The number of aliphatic hydroxyl groups is 1. The van der Waals surface area contributed by atoms with Crippen LogP contribution >= 0.6 is 0 Å². The van der Waals surface area contributed by atoms with Gasteiger partial charge in [0.25, 0.3) is 0 Å². The summed E-state index contributed by atoms with van der Waals surface area (Å²) in [5.41, 5.74) is -0.0422. The first-order valence-electron chi connectivity index (χ1n) is 5.73. The van der Waals surface area contributed by atoms with E-state index in [1.54, 1.807) is 0 Å². The third-order valence-corrected chi connectivity index (χ3v) is 3.02. The van der Waals surface area contributed by atoms with Gasteiger partial charge in [0.1, 0.15) is 0 Å². The Hall–Kier alpha value is -0.0800. The molecular weight excluding hydrogens is 174 g/mol. The van der Waals surface area contributed by atoms with Gasteiger partial charge in [0.05, 0.1) is 5.60 Å². The maximum atomic E-state index is 9.65. The van der Waals surface area contributed by atoms with E-state index in [0.717, 1.165) is 13.0 Å². The lowest BCUT2D eigenvalue weighted by Gasteiger charge is -2.38. The Morgan fingerprint density at radius 1 is 1.36 bits per heavy atom. The molecule has 0 aromatic carbocycles. The largest absolute Gasteiger partial charge is 0.390 e. The third-order valence-electron chi connectivity index (χ3n) is 3.02. The van der Waals surface area contributed by atoms with Gasteiger partial charge in [0.15, 0.2) is 0 Å². The molecule has 2 heteroatoms. The molecule has 1 saturated heterocycles. The van der Waals surface area contributed by atoms with E-state index in [0.29, 0.717) is 5.41 Å². The molecule has 1 aliphatic rings. The highest BCUT2D eigenvalue weighted by Gasteiger charge is 2.26. The SMILES string of the molecule is CC(C)(O)CCN1CCCC(C)(C)C1. The van der Waals surface area contributed by atoms with Crippen LogP contribution in [0.5, 0.6) is 0 Å². The van der Waals surface area contributed by atoms with Crippen LogP contribution in [-0.4, -0.2) is 35.2 Å². The van der Waals surface area contributed by atoms with Crippen LogP contribution in [0.4, 0.5) is 0 Å². The Morgan fingerprint density at radius 3 is 2.50 bits per heavy atom. The predicted molar refractivity (Wildman–Crippen MR) is 60.4 cm³/mol. The molecule has 1 fully saturated rings. The fourth-order valence-electron chi connectivity index (χ4n) is 2.17. The third kappa shape index (κ3) is 4.43. The highest BCUT2D eigenvalue weighted by atomic mass is 16.3. The summed E-state index contributed by atoms with van der Waals surface area (Å²) in [5.74, 6) is 0. The van der Waals surface area contributed by atoms with Gasteiger partial charge in [0, 0.05) is 13.1 Å². The van der Waals surface area contributed by atoms with E-state index >= 15 is 0 Å². The second kappa shape index (κ2) is 4.19. The van der Waals surface area contributed by atoms with Gasteiger partial charge >= 0.3 is 0 Å². The molecule has 1 heterocycles. The first-order chi connectivity index (χ1) is 6.29. The summed E-state index contributed by atoms with van der Waals surface area (Å²) >= 11 is 0. The molecule has 0 bridgehead atoms. The molecule has 14 heavy (non-hydrogen) atoms. The number of rotatable bonds is 3. The summed E-state index contributed by atoms with van der Waals surface area (Å²) < 4.78 is 0. The normalized spacial score (nSPS) is 23.8. The number of hydrogen-bond donors (Lipinski definition) is 1. The standard InChI is InChI=1S/C12H25NO/c1-11(2)6-5-8-13(10-11)9-7-12(3,4)14/h14H,5-10H2,1-4H3. The van der Waals surface area contributed by atoms with Crippen molar-refractivity contribution >= 4 is 0 Å². The van der Waals surface area contributed by atoms with E-state index in [9.17, 15) is 5.11 Å². The number of hydrogen-bond acceptors (Lipinski definition) is 2. The number of piperidine rings is 1. The van der Waals surface area contributed by atoms with Crippen molar-refractivity contribution in [3.63, 3.8) is 0 Å². The summed E-state index contributed by atoms with van der Waals surface area (Å²) in [5, 5.41) is 9.65. The lowest BCUT2D eigenvalue weighted by atomic mass is 9.84. The molecule has 0 radical (unpaired) electrons. The van der Waals surface area contributed by atoms with Crippen molar-refractivity contribution in [1.29, 1.82) is 0 Å². The van der Waals surface area contributed by atoms with Crippen molar-refractivity contribution in [2.45, 2.75) is 52.6 Å². The molecule has 0 aromatic rings. The van der Waals surface area contributed by atoms with Gasteiger partial charge in [-0.3, -0.25) is 0 Å². The molecule has 1 N–H and O–H groups in total. The van der Waals surface area contributed by atoms with E-state index in [2.05, 4.69) is 18.7 Å². The number of nitrogens with zero attached hydrogens (tertiary/aromatic N) is 1. The molecule has 0 unspecified atom stereocenters. The zero-order chi connectivity index (χ0) is 10.8. The minimum Gasteiger partial charge on any atom is -0.390 e. The molecule has 0 aliphatic carbocycles. The smallest absolute Gasteiger partial charge is 0.0603 e. The average Bonchev–Trinajstić information content (AvgIpc) is 1.98. The predicted octanol–water partition coefficient (Wildman–Crippen LogP) is 2.27. The van der Waals surface area contributed by atoms with Gasteiger partial charge < -0.3 is 10.0 Å². The maximum absolute atomic E-state index is 9.65. The lowest BCUT2D eigenvalue weighted by Crippen LogP contribution is -2.42. The monoisotopic (exact) mass is 199 g/mol. The highest BCUT2D eigenvalue weighted by molar-refractivity contribution is 4.80. The molecule has 0 atom stereocenters.